The van der Waals surface area contributed by atoms with E-state index in [0.717, 1.165) is 0 Å². The molecule has 0 fully saturated rings. The second-order valence-electron chi connectivity index (χ2n) is 4.69. The second kappa shape index (κ2) is 7.77. The van der Waals surface area contributed by atoms with Crippen molar-refractivity contribution in [2.45, 2.75) is 13.3 Å². The number of amides is 1. The zero-order valence-corrected chi connectivity index (χ0v) is 14.6. The number of rotatable bonds is 6. The van der Waals surface area contributed by atoms with Gasteiger partial charge in [-0.05, 0) is 25.1 Å². The summed E-state index contributed by atoms with van der Waals surface area (Å²) in [6, 6.07) is 5.07. The van der Waals surface area contributed by atoms with E-state index < -0.39 is 5.97 Å². The molecule has 0 radical (unpaired) electrons. The predicted molar refractivity (Wildman–Crippen MR) is 91.4 cm³/mol. The van der Waals surface area contributed by atoms with Crippen molar-refractivity contribution in [3.63, 3.8) is 0 Å². The van der Waals surface area contributed by atoms with Crippen LogP contribution < -0.4 is 0 Å². The fourth-order valence-electron chi connectivity index (χ4n) is 1.95. The van der Waals surface area contributed by atoms with E-state index in [0.29, 0.717) is 27.2 Å². The molecule has 0 aliphatic rings. The average molecular weight is 373 g/mol. The van der Waals surface area contributed by atoms with Crippen molar-refractivity contribution >= 4 is 46.4 Å². The van der Waals surface area contributed by atoms with E-state index >= 15 is 0 Å². The number of carboxylic acids is 1. The Labute approximate surface area is 147 Å². The molecular formula is C15H14Cl2N2O3S. The van der Waals surface area contributed by atoms with E-state index in [-0.39, 0.29) is 24.6 Å². The summed E-state index contributed by atoms with van der Waals surface area (Å²) in [5.74, 6) is -1.23. The van der Waals surface area contributed by atoms with Crippen LogP contribution in [0.4, 0.5) is 0 Å². The maximum Gasteiger partial charge on any atom is 0.305 e. The Hall–Kier alpha value is -1.63. The highest BCUT2D eigenvalue weighted by atomic mass is 35.5. The van der Waals surface area contributed by atoms with Crippen LogP contribution in [0.2, 0.25) is 10.0 Å². The molecule has 23 heavy (non-hydrogen) atoms. The standard InChI is InChI=1S/C15H14Cl2N2O3S/c1-2-19(6-5-13(20)21)15(22)12-8-23-14(18-12)10-4-3-9(16)7-11(10)17/h3-4,7-8H,2,5-6H2,1H3,(H,20,21). The number of aromatic nitrogens is 1. The Morgan fingerprint density at radius 1 is 1.35 bits per heavy atom. The van der Waals surface area contributed by atoms with Crippen LogP contribution in [0.25, 0.3) is 10.6 Å². The van der Waals surface area contributed by atoms with Gasteiger partial charge in [-0.15, -0.1) is 11.3 Å². The zero-order chi connectivity index (χ0) is 17.0. The summed E-state index contributed by atoms with van der Waals surface area (Å²) in [7, 11) is 0. The number of carbonyl (C=O) groups excluding carboxylic acids is 1. The number of benzene rings is 1. The van der Waals surface area contributed by atoms with Crippen LogP contribution in [0.15, 0.2) is 23.6 Å². The summed E-state index contributed by atoms with van der Waals surface area (Å²) in [4.78, 5) is 28.8. The van der Waals surface area contributed by atoms with Gasteiger partial charge < -0.3 is 10.0 Å². The number of hydrogen-bond acceptors (Lipinski definition) is 4. The summed E-state index contributed by atoms with van der Waals surface area (Å²) >= 11 is 13.3. The number of halogens is 2. The van der Waals surface area contributed by atoms with Gasteiger partial charge in [-0.25, -0.2) is 4.98 Å². The molecule has 0 spiro atoms. The monoisotopic (exact) mass is 372 g/mol. The van der Waals surface area contributed by atoms with Gasteiger partial charge in [0.25, 0.3) is 5.91 Å². The fraction of sp³-hybridized carbons (Fsp3) is 0.267. The molecule has 2 aromatic rings. The van der Waals surface area contributed by atoms with E-state index in [9.17, 15) is 9.59 Å². The highest BCUT2D eigenvalue weighted by Gasteiger charge is 2.19. The smallest absolute Gasteiger partial charge is 0.305 e. The van der Waals surface area contributed by atoms with Crippen LogP contribution >= 0.6 is 34.5 Å². The summed E-state index contributed by atoms with van der Waals surface area (Å²) in [6.45, 7) is 2.36. The van der Waals surface area contributed by atoms with Gasteiger partial charge in [0.15, 0.2) is 0 Å². The molecule has 1 N–H and O–H groups in total. The first-order valence-corrected chi connectivity index (χ1v) is 8.48. The number of hydrogen-bond donors (Lipinski definition) is 1. The van der Waals surface area contributed by atoms with Crippen LogP contribution in [-0.2, 0) is 4.79 Å². The molecule has 1 amide bonds. The van der Waals surface area contributed by atoms with Crippen molar-refractivity contribution in [1.82, 2.24) is 9.88 Å². The third kappa shape index (κ3) is 4.43. The van der Waals surface area contributed by atoms with Gasteiger partial charge in [0.05, 0.1) is 11.4 Å². The molecule has 122 valence electrons. The van der Waals surface area contributed by atoms with Gasteiger partial charge >= 0.3 is 5.97 Å². The van der Waals surface area contributed by atoms with Crippen molar-refractivity contribution in [1.29, 1.82) is 0 Å². The minimum Gasteiger partial charge on any atom is -0.481 e. The number of thiazole rings is 1. The molecular weight excluding hydrogens is 359 g/mol. The molecule has 5 nitrogen and oxygen atoms in total. The van der Waals surface area contributed by atoms with Crippen LogP contribution in [0.1, 0.15) is 23.8 Å². The van der Waals surface area contributed by atoms with Crippen molar-refractivity contribution in [2.75, 3.05) is 13.1 Å². The SMILES string of the molecule is CCN(CCC(=O)O)C(=O)c1csc(-c2ccc(Cl)cc2Cl)n1. The first kappa shape index (κ1) is 17.7. The summed E-state index contributed by atoms with van der Waals surface area (Å²) in [5, 5.41) is 12.0. The average Bonchev–Trinajstić information content (AvgIpc) is 2.97. The van der Waals surface area contributed by atoms with E-state index in [1.54, 1.807) is 30.5 Å². The molecule has 1 aromatic carbocycles. The molecule has 0 unspecified atom stereocenters. The Kier molecular flexibility index (Phi) is 5.98. The normalized spacial score (nSPS) is 10.6. The maximum absolute atomic E-state index is 12.4. The van der Waals surface area contributed by atoms with Crippen molar-refractivity contribution in [2.24, 2.45) is 0 Å². The molecule has 0 bridgehead atoms. The zero-order valence-electron chi connectivity index (χ0n) is 12.3. The van der Waals surface area contributed by atoms with E-state index in [2.05, 4.69) is 4.98 Å². The third-order valence-electron chi connectivity index (χ3n) is 3.15. The van der Waals surface area contributed by atoms with Crippen molar-refractivity contribution in [3.05, 3.63) is 39.3 Å². The Morgan fingerprint density at radius 2 is 2.09 bits per heavy atom. The molecule has 0 aliphatic heterocycles. The quantitative estimate of drug-likeness (QED) is 0.829. The Morgan fingerprint density at radius 3 is 2.70 bits per heavy atom. The van der Waals surface area contributed by atoms with E-state index in [1.165, 1.54) is 16.2 Å². The van der Waals surface area contributed by atoms with Gasteiger partial charge in [0.2, 0.25) is 0 Å². The lowest BCUT2D eigenvalue weighted by molar-refractivity contribution is -0.137. The molecule has 0 aliphatic carbocycles. The van der Waals surface area contributed by atoms with Gasteiger partial charge in [0, 0.05) is 29.1 Å². The highest BCUT2D eigenvalue weighted by Crippen LogP contribution is 2.32. The lowest BCUT2D eigenvalue weighted by atomic mass is 10.2. The molecule has 1 heterocycles. The number of carboxylic acid groups (broad SMARTS) is 1. The van der Waals surface area contributed by atoms with Crippen LogP contribution in [-0.4, -0.2) is 40.0 Å². The minimum absolute atomic E-state index is 0.0976. The molecule has 0 saturated heterocycles. The number of nitrogens with zero attached hydrogens (tertiary/aromatic N) is 2. The molecule has 2 rings (SSSR count). The van der Waals surface area contributed by atoms with Gasteiger partial charge in [-0.2, -0.15) is 0 Å². The van der Waals surface area contributed by atoms with Crippen molar-refractivity contribution in [3.8, 4) is 10.6 Å². The number of carbonyl (C=O) groups is 2. The van der Waals surface area contributed by atoms with E-state index in [4.69, 9.17) is 28.3 Å². The molecule has 1 aromatic heterocycles. The summed E-state index contributed by atoms with van der Waals surface area (Å²) in [5.41, 5.74) is 0.983. The molecule has 8 heteroatoms. The van der Waals surface area contributed by atoms with Gasteiger partial charge in [-0.1, -0.05) is 23.2 Å². The highest BCUT2D eigenvalue weighted by molar-refractivity contribution is 7.13. The lowest BCUT2D eigenvalue weighted by Crippen LogP contribution is -2.33. The summed E-state index contributed by atoms with van der Waals surface area (Å²) in [6.07, 6.45) is -0.0976. The topological polar surface area (TPSA) is 70.5 Å². The van der Waals surface area contributed by atoms with Crippen molar-refractivity contribution < 1.29 is 14.7 Å². The second-order valence-corrected chi connectivity index (χ2v) is 6.39. The minimum atomic E-state index is -0.942. The number of aliphatic carboxylic acids is 1. The first-order chi connectivity index (χ1) is 10.9. The predicted octanol–water partition coefficient (Wildman–Crippen LogP) is 4.05. The first-order valence-electron chi connectivity index (χ1n) is 6.84. The third-order valence-corrected chi connectivity index (χ3v) is 4.57. The largest absolute Gasteiger partial charge is 0.481 e. The summed E-state index contributed by atoms with van der Waals surface area (Å²) < 4.78 is 0. The Balaban J connectivity index is 2.20. The Bertz CT molecular complexity index is 733. The molecule has 0 atom stereocenters. The maximum atomic E-state index is 12.4. The van der Waals surface area contributed by atoms with E-state index in [1.807, 2.05) is 0 Å². The lowest BCUT2D eigenvalue weighted by Gasteiger charge is -2.18. The van der Waals surface area contributed by atoms with Crippen LogP contribution in [0.3, 0.4) is 0 Å². The molecule has 0 saturated carbocycles. The van der Waals surface area contributed by atoms with Crippen LogP contribution in [0, 0.1) is 0 Å². The fourth-order valence-corrected chi connectivity index (χ4v) is 3.34. The van der Waals surface area contributed by atoms with Crippen LogP contribution in [0.5, 0.6) is 0 Å². The van der Waals surface area contributed by atoms with Gasteiger partial charge in [-0.3, -0.25) is 9.59 Å². The van der Waals surface area contributed by atoms with Gasteiger partial charge in [0.1, 0.15) is 10.7 Å².